The zero-order valence-corrected chi connectivity index (χ0v) is 78.6. The highest BCUT2D eigenvalue weighted by Crippen LogP contribution is 2.45. The molecule has 6 amide bonds. The molecular formula is C94H154N6O33. The van der Waals surface area contributed by atoms with Gasteiger partial charge in [0.1, 0.15) is 70.9 Å². The fourth-order valence-electron chi connectivity index (χ4n) is 17.4. The molecule has 0 radical (unpaired) electrons. The molecule has 21 atom stereocenters. The Morgan fingerprint density at radius 2 is 0.654 bits per heavy atom. The molecule has 8 bridgehead atoms. The number of ketones is 1. The molecule has 1 unspecified atom stereocenters. The highest BCUT2D eigenvalue weighted by molar-refractivity contribution is 5.79. The van der Waals surface area contributed by atoms with Gasteiger partial charge in [0.15, 0.2) is 25.2 Å². The van der Waals surface area contributed by atoms with E-state index >= 15 is 0 Å². The van der Waals surface area contributed by atoms with Gasteiger partial charge in [0, 0.05) is 147 Å². The lowest BCUT2D eigenvalue weighted by molar-refractivity contribution is -0.254. The Hall–Kier alpha value is -6.23. The summed E-state index contributed by atoms with van der Waals surface area (Å²) in [6.45, 7) is 9.42. The Balaban J connectivity index is 0.674. The maximum atomic E-state index is 14.1. The SMILES string of the molecule is C[C@H]1[C@H]2OC[C@](COCCCCC(=O)CCCCNC(=O)CCOCC(COCCC(=O)NCCCNC(=O)CCCCOC[C@@]34CO[C@@H](O3)[C@H](C)[C@@H](O)[C@H]4O)(COCCC(=O)NCCCNC(=O)CCCCOC[C@@]34CO[C@@H](O3)[C@H](C)[C@@H](OC(=O)CCCCOC[C@@]35CO[C@@H](O3)[C@H](C)[C@@H](O)[C@H]5O)[C@H]4O)NC(=O)CCCCCCCCCCC(=O)OCc3ccccc3)(O2)[C@H](O)[C@@H]1O. The lowest BCUT2D eigenvalue weighted by atomic mass is 9.85. The third-order valence-corrected chi connectivity index (χ3v) is 26.1. The molecule has 39 nitrogen and oxygen atoms in total. The molecule has 8 aliphatic rings. The Kier molecular flexibility index (Phi) is 48.1. The van der Waals surface area contributed by atoms with Crippen molar-refractivity contribution in [3.05, 3.63) is 35.9 Å². The summed E-state index contributed by atoms with van der Waals surface area (Å²) in [4.78, 5) is 117. The number of aliphatic hydroxyl groups excluding tert-OH is 7. The van der Waals surface area contributed by atoms with Crippen molar-refractivity contribution in [3.63, 3.8) is 0 Å². The second-order valence-corrected chi connectivity index (χ2v) is 37.3. The minimum absolute atomic E-state index is 0.0147. The summed E-state index contributed by atoms with van der Waals surface area (Å²) in [6, 6.07) is 9.53. The number of Topliss-reactive ketones (excluding diaryl/α,β-unsaturated/α-hetero) is 1. The Labute approximate surface area is 781 Å². The van der Waals surface area contributed by atoms with Crippen LogP contribution in [0.5, 0.6) is 0 Å². The molecule has 0 spiro atoms. The van der Waals surface area contributed by atoms with Gasteiger partial charge in [-0.25, -0.2) is 0 Å². The predicted molar refractivity (Wildman–Crippen MR) is 474 cm³/mol. The van der Waals surface area contributed by atoms with E-state index in [0.717, 1.165) is 50.5 Å². The Morgan fingerprint density at radius 1 is 0.338 bits per heavy atom. The fourth-order valence-corrected chi connectivity index (χ4v) is 17.4. The van der Waals surface area contributed by atoms with Crippen molar-refractivity contribution >= 4 is 53.2 Å². The summed E-state index contributed by atoms with van der Waals surface area (Å²) in [5, 5.41) is 92.4. The average molecular weight is 1900 g/mol. The first-order valence-electron chi connectivity index (χ1n) is 48.6. The zero-order valence-electron chi connectivity index (χ0n) is 78.6. The number of rotatable bonds is 71. The second-order valence-electron chi connectivity index (χ2n) is 37.3. The molecular weight excluding hydrogens is 1740 g/mol. The van der Waals surface area contributed by atoms with Gasteiger partial charge in [-0.1, -0.05) is 96.6 Å². The summed E-state index contributed by atoms with van der Waals surface area (Å²) in [5.74, 6) is -3.89. The van der Waals surface area contributed by atoms with Gasteiger partial charge in [-0.2, -0.15) is 0 Å². The van der Waals surface area contributed by atoms with Crippen LogP contribution in [0.15, 0.2) is 30.3 Å². The van der Waals surface area contributed by atoms with Gasteiger partial charge in [0.05, 0.1) is 111 Å². The summed E-state index contributed by atoms with van der Waals surface area (Å²) in [6.07, 6.45) is 3.25. The van der Waals surface area contributed by atoms with Gasteiger partial charge in [-0.3, -0.25) is 43.2 Å². The molecule has 133 heavy (non-hydrogen) atoms. The van der Waals surface area contributed by atoms with Crippen molar-refractivity contribution in [2.45, 2.75) is 329 Å². The number of unbranched alkanes of at least 4 members (excludes halogenated alkanes) is 12. The van der Waals surface area contributed by atoms with Crippen LogP contribution in [0.25, 0.3) is 0 Å². The number of aliphatic hydroxyl groups is 7. The minimum Gasteiger partial charge on any atom is -0.461 e. The van der Waals surface area contributed by atoms with Gasteiger partial charge in [-0.15, -0.1) is 0 Å². The van der Waals surface area contributed by atoms with Gasteiger partial charge in [-0.05, 0) is 95.5 Å². The van der Waals surface area contributed by atoms with E-state index in [2.05, 4.69) is 31.9 Å². The van der Waals surface area contributed by atoms with Crippen LogP contribution in [0.1, 0.15) is 226 Å². The number of ether oxygens (including phenoxy) is 17. The van der Waals surface area contributed by atoms with Crippen molar-refractivity contribution in [2.24, 2.45) is 23.7 Å². The van der Waals surface area contributed by atoms with Gasteiger partial charge in [0.2, 0.25) is 35.4 Å². The van der Waals surface area contributed by atoms with Crippen LogP contribution in [0, 0.1) is 23.7 Å². The lowest BCUT2D eigenvalue weighted by Crippen LogP contribution is -2.61. The molecule has 8 heterocycles. The number of carbonyl (C=O) groups is 9. The van der Waals surface area contributed by atoms with Crippen LogP contribution in [0.4, 0.5) is 0 Å². The van der Waals surface area contributed by atoms with E-state index in [0.29, 0.717) is 129 Å². The number of carbonyl (C=O) groups excluding carboxylic acids is 9. The molecule has 1 aromatic rings. The van der Waals surface area contributed by atoms with E-state index < -0.39 is 114 Å². The Morgan fingerprint density at radius 3 is 1.06 bits per heavy atom. The molecule has 0 saturated carbocycles. The molecule has 0 aliphatic carbocycles. The van der Waals surface area contributed by atoms with Crippen LogP contribution in [0.3, 0.4) is 0 Å². The van der Waals surface area contributed by atoms with Crippen molar-refractivity contribution in [1.29, 1.82) is 0 Å². The van der Waals surface area contributed by atoms with E-state index in [9.17, 15) is 78.9 Å². The first-order valence-corrected chi connectivity index (χ1v) is 48.6. The molecule has 9 rings (SSSR count). The molecule has 1 aromatic carbocycles. The van der Waals surface area contributed by atoms with E-state index in [4.69, 9.17) is 80.5 Å². The van der Waals surface area contributed by atoms with Crippen LogP contribution in [-0.2, 0) is 130 Å². The van der Waals surface area contributed by atoms with Crippen molar-refractivity contribution < 1.29 is 159 Å². The fraction of sp³-hybridized carbons (Fsp3) is 0.840. The standard InChI is InChI=1S/C94H154N6O33/c1-64-78(110)82(113)91(60-125-86(64)130-91)56-117-45-22-17-31-69(101)30-16-21-40-95-72(104)37-49-121-53-90(100-75(107)34-14-9-7-5-6-8-10-15-35-76(108)124-52-68-28-12-11-13-29-68,54-122-50-38-73(105)98-43-26-41-96-70(102)32-18-23-46-118-57-92-61-126-87(131-92)65(2)79(111)83(92)114)55-123-51-39-74(106)99-44-27-42-97-71(103)33-19-24-47-120-59-94-63-128-89(133-94)67(4)81(85(94)116)129-77(109)36-20-25-48-119-58-93-62-127-88(132-93)66(3)80(112)84(93)115/h11-13,28-29,64-67,78-89,110-116H,5-10,14-27,30-63H2,1-4H3,(H,95,104)(H,96,102)(H,97,103)(H,98,105)(H,99,106)(H,100,107)/t64-,65-,66-,67-,78-,79-,80-,81-,82-,83-,84-,85-,86+,87+,88+,89+,90?,91+,92+,93+,94+/m1/s1. The maximum Gasteiger partial charge on any atom is 0.306 e. The van der Waals surface area contributed by atoms with Crippen molar-refractivity contribution in [1.82, 2.24) is 31.9 Å². The van der Waals surface area contributed by atoms with E-state index in [1.807, 2.05) is 30.3 Å². The number of hydrogen-bond donors (Lipinski definition) is 13. The quantitative estimate of drug-likeness (QED) is 0.0329. The number of amides is 6. The van der Waals surface area contributed by atoms with E-state index in [1.54, 1.807) is 27.7 Å². The highest BCUT2D eigenvalue weighted by Gasteiger charge is 2.62. The second kappa shape index (κ2) is 58.0. The molecule has 0 aromatic heterocycles. The first-order chi connectivity index (χ1) is 64.1. The van der Waals surface area contributed by atoms with Crippen LogP contribution < -0.4 is 31.9 Å². The largest absolute Gasteiger partial charge is 0.461 e. The summed E-state index contributed by atoms with van der Waals surface area (Å²) < 4.78 is 99.7. The summed E-state index contributed by atoms with van der Waals surface area (Å²) in [5.41, 5.74) is -5.14. The van der Waals surface area contributed by atoms with Gasteiger partial charge >= 0.3 is 11.9 Å². The maximum absolute atomic E-state index is 14.1. The topological polar surface area (TPSA) is 524 Å². The smallest absolute Gasteiger partial charge is 0.306 e. The van der Waals surface area contributed by atoms with E-state index in [1.165, 1.54) is 0 Å². The first kappa shape index (κ1) is 110. The van der Waals surface area contributed by atoms with Crippen LogP contribution in [0.2, 0.25) is 0 Å². The molecule has 8 fully saturated rings. The molecule has 8 saturated heterocycles. The van der Waals surface area contributed by atoms with Crippen molar-refractivity contribution in [2.75, 3.05) is 152 Å². The molecule has 39 heteroatoms. The number of nitrogens with one attached hydrogen (secondary N) is 6. The number of benzene rings is 1. The lowest BCUT2D eigenvalue weighted by Gasteiger charge is -2.43. The summed E-state index contributed by atoms with van der Waals surface area (Å²) in [7, 11) is 0. The molecule has 13 N–H and O–H groups in total. The number of fused-ring (bicyclic) bond motifs is 8. The molecule has 8 aliphatic heterocycles. The minimum atomic E-state index is -1.38. The predicted octanol–water partition coefficient (Wildman–Crippen LogP) is 3.04. The third kappa shape index (κ3) is 35.6. The van der Waals surface area contributed by atoms with Crippen LogP contribution >= 0.6 is 0 Å². The normalized spacial score (nSPS) is 29.3. The number of esters is 2. The highest BCUT2D eigenvalue weighted by atomic mass is 16.8. The third-order valence-electron chi connectivity index (χ3n) is 26.1. The van der Waals surface area contributed by atoms with Crippen LogP contribution in [-0.4, -0.2) is 342 Å². The number of hydrogen-bond acceptors (Lipinski definition) is 33. The molecule has 758 valence electrons. The van der Waals surface area contributed by atoms with Crippen molar-refractivity contribution in [3.8, 4) is 0 Å². The Bertz CT molecular complexity index is 3540. The average Bonchev–Trinajstić information content (AvgIpc) is 1.63. The van der Waals surface area contributed by atoms with E-state index in [-0.39, 0.29) is 242 Å². The monoisotopic (exact) mass is 1900 g/mol. The van der Waals surface area contributed by atoms with Gasteiger partial charge < -0.3 is 148 Å². The summed E-state index contributed by atoms with van der Waals surface area (Å²) >= 11 is 0. The zero-order chi connectivity index (χ0) is 95.5. The van der Waals surface area contributed by atoms with Gasteiger partial charge in [0.25, 0.3) is 0 Å².